The Morgan fingerprint density at radius 2 is 2.05 bits per heavy atom. The van der Waals surface area contributed by atoms with E-state index in [1.807, 2.05) is 36.3 Å². The molecule has 0 saturated carbocycles. The first-order valence-electron chi connectivity index (χ1n) is 6.75. The van der Waals surface area contributed by atoms with Crippen LogP contribution in [0.5, 0.6) is 11.5 Å². The minimum Gasteiger partial charge on any atom is -0.493 e. The Balaban J connectivity index is 2.44. The average molecular weight is 310 g/mol. The van der Waals surface area contributed by atoms with Crippen LogP contribution in [0.2, 0.25) is 5.02 Å². The highest BCUT2D eigenvalue weighted by Crippen LogP contribution is 2.38. The van der Waals surface area contributed by atoms with Gasteiger partial charge < -0.3 is 14.8 Å². The molecule has 1 aromatic heterocycles. The highest BCUT2D eigenvalue weighted by atomic mass is 35.5. The van der Waals surface area contributed by atoms with Gasteiger partial charge in [0.1, 0.15) is 0 Å². The van der Waals surface area contributed by atoms with Gasteiger partial charge in [0.05, 0.1) is 31.5 Å². The second kappa shape index (κ2) is 6.83. The van der Waals surface area contributed by atoms with Crippen LogP contribution in [0.4, 0.5) is 0 Å². The van der Waals surface area contributed by atoms with Gasteiger partial charge >= 0.3 is 0 Å². The van der Waals surface area contributed by atoms with Gasteiger partial charge in [-0.25, -0.2) is 0 Å². The Kier molecular flexibility index (Phi) is 5.09. The van der Waals surface area contributed by atoms with Crippen LogP contribution >= 0.6 is 11.6 Å². The summed E-state index contributed by atoms with van der Waals surface area (Å²) in [6.07, 6.45) is 3.88. The van der Waals surface area contributed by atoms with E-state index in [-0.39, 0.29) is 6.04 Å². The number of nitrogens with one attached hydrogen (secondary N) is 1. The molecule has 0 bridgehead atoms. The molecule has 1 aromatic carbocycles. The summed E-state index contributed by atoms with van der Waals surface area (Å²) in [6.45, 7) is 2.89. The molecule has 1 heterocycles. The third-order valence-electron chi connectivity index (χ3n) is 3.39. The molecule has 1 unspecified atom stereocenters. The number of hydrogen-bond acceptors (Lipinski definition) is 4. The maximum atomic E-state index is 6.28. The lowest BCUT2D eigenvalue weighted by atomic mass is 10.0. The molecule has 0 aliphatic carbocycles. The molecule has 5 nitrogen and oxygen atoms in total. The van der Waals surface area contributed by atoms with Crippen LogP contribution in [0.25, 0.3) is 0 Å². The molecule has 2 rings (SSSR count). The second-order valence-corrected chi connectivity index (χ2v) is 5.00. The lowest BCUT2D eigenvalue weighted by molar-refractivity contribution is 0.354. The molecule has 0 saturated heterocycles. The minimum absolute atomic E-state index is 0.0115. The van der Waals surface area contributed by atoms with Crippen molar-refractivity contribution in [3.05, 3.63) is 40.7 Å². The number of nitrogens with zero attached hydrogens (tertiary/aromatic N) is 2. The van der Waals surface area contributed by atoms with Crippen molar-refractivity contribution in [3.8, 4) is 11.5 Å². The Bertz CT molecular complexity index is 613. The Morgan fingerprint density at radius 3 is 2.57 bits per heavy atom. The number of benzene rings is 1. The van der Waals surface area contributed by atoms with E-state index < -0.39 is 0 Å². The van der Waals surface area contributed by atoms with Crippen LogP contribution in [0, 0.1) is 0 Å². The maximum absolute atomic E-state index is 6.28. The normalized spacial score (nSPS) is 12.2. The zero-order chi connectivity index (χ0) is 15.4. The predicted octanol–water partition coefficient (Wildman–Crippen LogP) is 2.88. The Hall–Kier alpha value is -1.72. The second-order valence-electron chi connectivity index (χ2n) is 4.59. The molecular formula is C15H20ClN3O2. The fraction of sp³-hybridized carbons (Fsp3) is 0.400. The molecule has 114 valence electrons. The molecule has 1 N–H and O–H groups in total. The summed E-state index contributed by atoms with van der Waals surface area (Å²) in [5.74, 6) is 1.16. The summed E-state index contributed by atoms with van der Waals surface area (Å²) < 4.78 is 12.5. The first-order chi connectivity index (χ1) is 10.1. The monoisotopic (exact) mass is 309 g/mol. The molecule has 0 radical (unpaired) electrons. The summed E-state index contributed by atoms with van der Waals surface area (Å²) in [4.78, 5) is 0. The van der Waals surface area contributed by atoms with E-state index in [1.54, 1.807) is 14.2 Å². The zero-order valence-corrected chi connectivity index (χ0v) is 13.4. The molecule has 0 spiro atoms. The van der Waals surface area contributed by atoms with Crippen LogP contribution < -0.4 is 14.8 Å². The van der Waals surface area contributed by atoms with Crippen molar-refractivity contribution in [1.29, 1.82) is 0 Å². The lowest BCUT2D eigenvalue weighted by Crippen LogP contribution is -2.17. The number of aromatic nitrogens is 2. The molecule has 1 atom stereocenters. The van der Waals surface area contributed by atoms with E-state index in [9.17, 15) is 0 Å². The Labute approximate surface area is 129 Å². The molecule has 0 aliphatic heterocycles. The molecule has 0 fully saturated rings. The van der Waals surface area contributed by atoms with Crippen molar-refractivity contribution in [2.75, 3.05) is 21.3 Å². The number of halogens is 1. The topological polar surface area (TPSA) is 48.3 Å². The third kappa shape index (κ3) is 3.14. The van der Waals surface area contributed by atoms with Crippen molar-refractivity contribution in [1.82, 2.24) is 15.1 Å². The standard InChI is InChI=1S/C15H20ClN3O2/c1-5-19-9-11(8-18-19)14(17-2)10-6-12(16)15(21-4)13(7-10)20-3/h6-9,14,17H,5H2,1-4H3. The van der Waals surface area contributed by atoms with Crippen molar-refractivity contribution >= 4 is 11.6 Å². The average Bonchev–Trinajstić information content (AvgIpc) is 2.96. The SMILES string of the molecule is CCn1cc(C(NC)c2cc(Cl)c(OC)c(OC)c2)cn1. The summed E-state index contributed by atoms with van der Waals surface area (Å²) in [7, 11) is 5.07. The van der Waals surface area contributed by atoms with Crippen molar-refractivity contribution in [2.45, 2.75) is 19.5 Å². The molecule has 0 amide bonds. The van der Waals surface area contributed by atoms with E-state index >= 15 is 0 Å². The summed E-state index contributed by atoms with van der Waals surface area (Å²) >= 11 is 6.28. The van der Waals surface area contributed by atoms with Gasteiger partial charge in [-0.2, -0.15) is 5.10 Å². The largest absolute Gasteiger partial charge is 0.493 e. The number of methoxy groups -OCH3 is 2. The quantitative estimate of drug-likeness (QED) is 0.891. The fourth-order valence-corrected chi connectivity index (χ4v) is 2.63. The highest BCUT2D eigenvalue weighted by molar-refractivity contribution is 6.32. The highest BCUT2D eigenvalue weighted by Gasteiger charge is 2.19. The van der Waals surface area contributed by atoms with Gasteiger partial charge in [0.15, 0.2) is 11.5 Å². The third-order valence-corrected chi connectivity index (χ3v) is 3.67. The van der Waals surface area contributed by atoms with Gasteiger partial charge in [-0.05, 0) is 31.7 Å². The van der Waals surface area contributed by atoms with Crippen LogP contribution in [0.15, 0.2) is 24.5 Å². The number of rotatable bonds is 6. The molecule has 6 heteroatoms. The molecule has 21 heavy (non-hydrogen) atoms. The molecule has 2 aromatic rings. The van der Waals surface area contributed by atoms with Crippen LogP contribution in [0.1, 0.15) is 24.1 Å². The fourth-order valence-electron chi connectivity index (χ4n) is 2.33. The van der Waals surface area contributed by atoms with Crippen molar-refractivity contribution in [2.24, 2.45) is 0 Å². The summed E-state index contributed by atoms with van der Waals surface area (Å²) in [5.41, 5.74) is 2.07. The minimum atomic E-state index is -0.0115. The first kappa shape index (κ1) is 15.7. The maximum Gasteiger partial charge on any atom is 0.179 e. The van der Waals surface area contributed by atoms with Gasteiger partial charge in [-0.3, -0.25) is 4.68 Å². The number of aryl methyl sites for hydroxylation is 1. The van der Waals surface area contributed by atoms with E-state index in [1.165, 1.54) is 0 Å². The van der Waals surface area contributed by atoms with E-state index in [0.717, 1.165) is 17.7 Å². The van der Waals surface area contributed by atoms with E-state index in [0.29, 0.717) is 16.5 Å². The van der Waals surface area contributed by atoms with Gasteiger partial charge in [0.25, 0.3) is 0 Å². The molecule has 0 aliphatic rings. The molecular weight excluding hydrogens is 290 g/mol. The van der Waals surface area contributed by atoms with Gasteiger partial charge in [0, 0.05) is 18.3 Å². The van der Waals surface area contributed by atoms with E-state index in [2.05, 4.69) is 17.3 Å². The van der Waals surface area contributed by atoms with Gasteiger partial charge in [-0.15, -0.1) is 0 Å². The van der Waals surface area contributed by atoms with Crippen LogP contribution in [-0.4, -0.2) is 31.0 Å². The van der Waals surface area contributed by atoms with Crippen LogP contribution in [-0.2, 0) is 6.54 Å². The lowest BCUT2D eigenvalue weighted by Gasteiger charge is -2.18. The van der Waals surface area contributed by atoms with Crippen molar-refractivity contribution in [3.63, 3.8) is 0 Å². The van der Waals surface area contributed by atoms with E-state index in [4.69, 9.17) is 21.1 Å². The van der Waals surface area contributed by atoms with Crippen molar-refractivity contribution < 1.29 is 9.47 Å². The Morgan fingerprint density at radius 1 is 1.29 bits per heavy atom. The smallest absolute Gasteiger partial charge is 0.179 e. The zero-order valence-electron chi connectivity index (χ0n) is 12.7. The van der Waals surface area contributed by atoms with Gasteiger partial charge in [-0.1, -0.05) is 11.6 Å². The van der Waals surface area contributed by atoms with Gasteiger partial charge in [0.2, 0.25) is 0 Å². The number of ether oxygens (including phenoxy) is 2. The summed E-state index contributed by atoms with van der Waals surface area (Å²) in [5, 5.41) is 8.12. The summed E-state index contributed by atoms with van der Waals surface area (Å²) in [6, 6.07) is 3.80. The number of hydrogen-bond donors (Lipinski definition) is 1. The predicted molar refractivity (Wildman–Crippen MR) is 83.4 cm³/mol. The first-order valence-corrected chi connectivity index (χ1v) is 7.13. The van der Waals surface area contributed by atoms with Crippen LogP contribution in [0.3, 0.4) is 0 Å².